The number of hydrogen-bond acceptors (Lipinski definition) is 28. The highest BCUT2D eigenvalue weighted by molar-refractivity contribution is 5.87. The molecule has 9 aliphatic rings. The number of fused-ring (bicyclic) bond motifs is 7. The van der Waals surface area contributed by atoms with Crippen LogP contribution >= 0.6 is 0 Å². The molecule has 516 valence electrons. The van der Waals surface area contributed by atoms with Gasteiger partial charge in [0.2, 0.25) is 0 Å². The molecule has 0 aromatic heterocycles. The summed E-state index contributed by atoms with van der Waals surface area (Å²) < 4.78 is 66.8. The van der Waals surface area contributed by atoms with E-state index in [0.717, 1.165) is 11.9 Å². The van der Waals surface area contributed by atoms with Gasteiger partial charge in [-0.3, -0.25) is 9.59 Å². The highest BCUT2D eigenvalue weighted by Crippen LogP contribution is 2.76. The van der Waals surface area contributed by atoms with Crippen LogP contribution in [-0.2, 0) is 76.1 Å². The monoisotopic (exact) mass is 1300 g/mol. The van der Waals surface area contributed by atoms with Crippen molar-refractivity contribution < 1.29 is 142 Å². The van der Waals surface area contributed by atoms with Crippen molar-refractivity contribution in [3.8, 4) is 0 Å². The van der Waals surface area contributed by atoms with Gasteiger partial charge >= 0.3 is 23.9 Å². The van der Waals surface area contributed by atoms with Crippen molar-refractivity contribution >= 4 is 30.2 Å². The van der Waals surface area contributed by atoms with Crippen molar-refractivity contribution in [1.29, 1.82) is 0 Å². The van der Waals surface area contributed by atoms with E-state index in [0.29, 0.717) is 37.7 Å². The van der Waals surface area contributed by atoms with Crippen LogP contribution in [0.15, 0.2) is 23.3 Å². The molecule has 0 aromatic rings. The van der Waals surface area contributed by atoms with Crippen LogP contribution in [-0.4, -0.2) is 264 Å². The number of aldehydes is 1. The molecule has 0 amide bonds. The molecule has 4 saturated carbocycles. The lowest BCUT2D eigenvalue weighted by Crippen LogP contribution is -2.72. The van der Waals surface area contributed by atoms with Crippen LogP contribution in [0.5, 0.6) is 0 Å². The first-order valence-electron chi connectivity index (χ1n) is 31.3. The molecule has 9 rings (SSSR count). The number of aliphatic hydroxyl groups is 12. The Morgan fingerprint density at radius 3 is 1.78 bits per heavy atom. The standard InChI is InChI=1S/C62H94O29/c1-11-25(2)52(80)91-50-49(77)62(24-82-26(3)66)29(18-57(50,5)6)28-12-13-34-58(7)16-15-35(59(8,23-65)33(58)14-17-60(34,9)61(28,10)19-36(62)83-27(4)67)86-56-48(90-54-43(75)41(73)39(71)32(21-64)85-54)45(44(76)46(88-56)51(78)79)87-55-47(37(69)30(68)22-81-55)89-53-42(74)40(72)38(70)31(20-63)84-53/h11-12,23,29-50,53-56,63-64,68-77H,13-22,24H2,1-10H3,(H,78,79)/b25-11-/t29-,30-,31+,32+,33+,34+,35-,36+,37-,38+,39-,40-,41-,42+,43+,44-,45-,46-,47+,48+,49-,50-,53-,54-,55-,56+,58-,59-,60+,61+,62-/m0/s1. The number of carboxylic acids is 1. The number of carboxylic acid groups (broad SMARTS) is 1. The first-order chi connectivity index (χ1) is 42.6. The van der Waals surface area contributed by atoms with Crippen LogP contribution in [0.25, 0.3) is 0 Å². The number of aliphatic carboxylic acids is 1. The first kappa shape index (κ1) is 71.5. The summed E-state index contributed by atoms with van der Waals surface area (Å²) in [6, 6.07) is 0. The van der Waals surface area contributed by atoms with Crippen LogP contribution in [0.4, 0.5) is 0 Å². The first-order valence-corrected chi connectivity index (χ1v) is 31.3. The number of carbonyl (C=O) groups is 5. The van der Waals surface area contributed by atoms with Gasteiger partial charge in [0, 0.05) is 24.8 Å². The highest BCUT2D eigenvalue weighted by Gasteiger charge is 2.75. The average molecular weight is 1300 g/mol. The van der Waals surface area contributed by atoms with Crippen molar-refractivity contribution in [1.82, 2.24) is 0 Å². The Labute approximate surface area is 526 Å². The maximum atomic E-state index is 14.3. The summed E-state index contributed by atoms with van der Waals surface area (Å²) >= 11 is 0. The predicted octanol–water partition coefficient (Wildman–Crippen LogP) is -2.08. The Morgan fingerprint density at radius 1 is 0.637 bits per heavy atom. The van der Waals surface area contributed by atoms with E-state index in [9.17, 15) is 90.4 Å². The molecule has 29 nitrogen and oxygen atoms in total. The van der Waals surface area contributed by atoms with Crippen molar-refractivity contribution in [2.75, 3.05) is 26.4 Å². The molecule has 4 heterocycles. The van der Waals surface area contributed by atoms with Gasteiger partial charge in [-0.15, -0.1) is 0 Å². The van der Waals surface area contributed by atoms with Crippen molar-refractivity contribution in [3.05, 3.63) is 23.3 Å². The van der Waals surface area contributed by atoms with Crippen LogP contribution in [0.3, 0.4) is 0 Å². The van der Waals surface area contributed by atoms with E-state index in [1.807, 2.05) is 13.8 Å². The number of esters is 3. The molecule has 8 fully saturated rings. The molecule has 29 heteroatoms. The van der Waals surface area contributed by atoms with E-state index in [-0.39, 0.29) is 25.4 Å². The van der Waals surface area contributed by atoms with Gasteiger partial charge in [0.1, 0.15) is 117 Å². The molecule has 0 unspecified atom stereocenters. The minimum Gasteiger partial charge on any atom is -0.479 e. The molecule has 4 aliphatic heterocycles. The third kappa shape index (κ3) is 12.2. The largest absolute Gasteiger partial charge is 0.479 e. The second-order valence-electron chi connectivity index (χ2n) is 28.3. The summed E-state index contributed by atoms with van der Waals surface area (Å²) in [4.78, 5) is 67.2. The maximum absolute atomic E-state index is 14.3. The molecule has 91 heavy (non-hydrogen) atoms. The van der Waals surface area contributed by atoms with Gasteiger partial charge in [-0.2, -0.15) is 0 Å². The molecule has 13 N–H and O–H groups in total. The topological polar surface area (TPSA) is 450 Å². The van der Waals surface area contributed by atoms with Gasteiger partial charge in [-0.05, 0) is 92.8 Å². The molecule has 0 bridgehead atoms. The average Bonchev–Trinajstić information content (AvgIpc) is 0.669. The van der Waals surface area contributed by atoms with E-state index in [1.165, 1.54) is 13.8 Å². The number of allylic oxidation sites excluding steroid dienone is 3. The summed E-state index contributed by atoms with van der Waals surface area (Å²) in [5, 5.41) is 143. The Kier molecular flexibility index (Phi) is 21.0. The van der Waals surface area contributed by atoms with Crippen LogP contribution in [0.1, 0.15) is 114 Å². The van der Waals surface area contributed by atoms with E-state index in [2.05, 4.69) is 26.8 Å². The number of hydrogen-bond donors (Lipinski definition) is 13. The summed E-state index contributed by atoms with van der Waals surface area (Å²) in [5.74, 6) is -5.05. The zero-order valence-corrected chi connectivity index (χ0v) is 52.9. The van der Waals surface area contributed by atoms with E-state index >= 15 is 0 Å². The Morgan fingerprint density at radius 2 is 1.23 bits per heavy atom. The lowest BCUT2D eigenvalue weighted by Gasteiger charge is -2.72. The fourth-order valence-electron chi connectivity index (χ4n) is 17.5. The zero-order chi connectivity index (χ0) is 67.2. The molecular weight excluding hydrogens is 1210 g/mol. The lowest BCUT2D eigenvalue weighted by molar-refractivity contribution is -0.400. The molecule has 5 aliphatic carbocycles. The van der Waals surface area contributed by atoms with Gasteiger partial charge in [0.05, 0.1) is 36.8 Å². The minimum atomic E-state index is -2.33. The summed E-state index contributed by atoms with van der Waals surface area (Å²) in [6.07, 6.45) is -36.0. The minimum absolute atomic E-state index is 0.0722. The van der Waals surface area contributed by atoms with Crippen LogP contribution in [0.2, 0.25) is 0 Å². The normalized spacial score (nSPS) is 49.7. The molecule has 0 radical (unpaired) electrons. The fraction of sp³-hybridized carbons (Fsp3) is 0.855. The molecular formula is C62H94O29. The summed E-state index contributed by atoms with van der Waals surface area (Å²) in [7, 11) is 0. The van der Waals surface area contributed by atoms with Crippen LogP contribution in [0, 0.1) is 50.2 Å². The Balaban J connectivity index is 1.07. The zero-order valence-electron chi connectivity index (χ0n) is 52.9. The van der Waals surface area contributed by atoms with Gasteiger partial charge in [0.25, 0.3) is 0 Å². The smallest absolute Gasteiger partial charge is 0.335 e. The fourth-order valence-corrected chi connectivity index (χ4v) is 17.5. The van der Waals surface area contributed by atoms with Crippen LogP contribution < -0.4 is 0 Å². The lowest BCUT2D eigenvalue weighted by atomic mass is 9.33. The van der Waals surface area contributed by atoms with Gasteiger partial charge in [0.15, 0.2) is 31.3 Å². The predicted molar refractivity (Wildman–Crippen MR) is 304 cm³/mol. The molecule has 4 saturated heterocycles. The van der Waals surface area contributed by atoms with Gasteiger partial charge in [-0.1, -0.05) is 59.3 Å². The number of rotatable bonds is 17. The van der Waals surface area contributed by atoms with E-state index in [1.54, 1.807) is 26.8 Å². The van der Waals surface area contributed by atoms with E-state index in [4.69, 9.17) is 52.1 Å². The molecule has 0 aromatic carbocycles. The Bertz CT molecular complexity index is 2720. The van der Waals surface area contributed by atoms with E-state index < -0.39 is 229 Å². The highest BCUT2D eigenvalue weighted by atomic mass is 16.8. The van der Waals surface area contributed by atoms with Crippen molar-refractivity contribution in [2.24, 2.45) is 50.2 Å². The molecule has 0 spiro atoms. The number of aliphatic hydroxyl groups excluding tert-OH is 12. The van der Waals surface area contributed by atoms with Crippen molar-refractivity contribution in [2.45, 2.75) is 255 Å². The summed E-state index contributed by atoms with van der Waals surface area (Å²) in [6.45, 7) is 14.8. The SMILES string of the molecule is C/C=C(/C)C(=O)O[C@H]1[C@H](O)[C@]2(COC(C)=O)[C@H](OC(C)=O)C[C@]3(C)C(=CC[C@@H]4[C@@]5(C)CC[C@H](O[C@@H]6O[C@H](C(=O)O)[C@@H](O)[C@H](O[C@@H]7OC[C@H](O)[C@H](O)[C@H]7O[C@@H]7O[C@H](CO)[C@@H](O)[C@H](O)[C@H]7O)[C@H]6O[C@@H]6O[C@H](CO)[C@H](O)[C@H](O)[C@H]6O)[C@@](C)(C=O)[C@@H]5CC[C@]43C)[C@@H]2CC1(C)C. The second-order valence-corrected chi connectivity index (χ2v) is 28.3. The van der Waals surface area contributed by atoms with Crippen molar-refractivity contribution in [3.63, 3.8) is 0 Å². The molecule has 31 atom stereocenters. The third-order valence-corrected chi connectivity index (χ3v) is 22.9. The number of carbonyl (C=O) groups excluding carboxylic acids is 4. The Hall–Kier alpha value is -3.77. The van der Waals surface area contributed by atoms with Gasteiger partial charge in [-0.25, -0.2) is 9.59 Å². The second kappa shape index (κ2) is 26.7. The number of ether oxygens (including phenoxy) is 11. The third-order valence-electron chi connectivity index (χ3n) is 22.9. The quantitative estimate of drug-likeness (QED) is 0.0186. The maximum Gasteiger partial charge on any atom is 0.335 e. The summed E-state index contributed by atoms with van der Waals surface area (Å²) in [5.41, 5.74) is -4.75. The van der Waals surface area contributed by atoms with Gasteiger partial charge < -0.3 is 123 Å².